The predicted octanol–water partition coefficient (Wildman–Crippen LogP) is 13.9. The number of hydrogen-bond donors (Lipinski definition) is 1. The third-order valence-electron chi connectivity index (χ3n) is 5.82. The highest BCUT2D eigenvalue weighted by atomic mass is 35.5. The maximum absolute atomic E-state index is 10.5. The molecule has 0 aromatic rings. The Balaban J connectivity index is -0.000000367. The van der Waals surface area contributed by atoms with Crippen molar-refractivity contribution in [2.45, 2.75) is 131 Å². The van der Waals surface area contributed by atoms with Crippen molar-refractivity contribution in [2.75, 3.05) is 0 Å². The summed E-state index contributed by atoms with van der Waals surface area (Å²) in [4.78, 5) is 20.8. The fraction of sp³-hybridized carbons (Fsp3) is 0.476. The Bertz CT molecular complexity index is 877. The molecule has 0 spiro atoms. The standard InChI is InChI=1S/C20H29ClO.C20H30O2.2CH4/c2*1-2-3-4-5-6-7-8-9-10-11-12-13-14-15-16-17-18-19-20(21)22;;/h3-4,6-7,9-10,12-13,15-16H,2,5,8,11,14,17-19H2,1H3;3-4,6-7,9-10,12-13,15-16H,2,5,8,11,14,17-19H2,1H3,(H,21,22);2*1H4/b2*4-3-,7-6-,10-9-,13-12-,16-15-;;. The second-order valence-electron chi connectivity index (χ2n) is 9.95. The number of carbonyl (C=O) groups is 2. The van der Waals surface area contributed by atoms with E-state index in [2.05, 4.69) is 135 Å². The van der Waals surface area contributed by atoms with Crippen LogP contribution in [0, 0.1) is 0 Å². The number of hydrogen-bond acceptors (Lipinski definition) is 2. The zero-order valence-corrected chi connectivity index (χ0v) is 28.3. The lowest BCUT2D eigenvalue weighted by molar-refractivity contribution is -0.137. The number of allylic oxidation sites excluding steroid dienone is 20. The van der Waals surface area contributed by atoms with E-state index < -0.39 is 5.97 Å². The van der Waals surface area contributed by atoms with Gasteiger partial charge in [0, 0.05) is 12.8 Å². The third-order valence-corrected chi connectivity index (χ3v) is 6.01. The molecule has 0 aliphatic rings. The molecule has 0 aromatic carbocycles. The van der Waals surface area contributed by atoms with E-state index in [0.29, 0.717) is 6.42 Å². The number of carbonyl (C=O) groups excluding carboxylic acids is 1. The van der Waals surface area contributed by atoms with E-state index in [1.165, 1.54) is 0 Å². The van der Waals surface area contributed by atoms with Gasteiger partial charge in [0.25, 0.3) is 0 Å². The van der Waals surface area contributed by atoms with E-state index in [1.54, 1.807) is 0 Å². The van der Waals surface area contributed by atoms with Crippen molar-refractivity contribution in [2.24, 2.45) is 0 Å². The van der Waals surface area contributed by atoms with Crippen molar-refractivity contribution >= 4 is 22.8 Å². The van der Waals surface area contributed by atoms with Gasteiger partial charge in [-0.25, -0.2) is 0 Å². The van der Waals surface area contributed by atoms with Crippen molar-refractivity contribution in [3.63, 3.8) is 0 Å². The number of rotatable bonds is 26. The second-order valence-corrected chi connectivity index (χ2v) is 10.4. The Morgan fingerprint density at radius 2 is 0.674 bits per heavy atom. The summed E-state index contributed by atoms with van der Waals surface area (Å²) < 4.78 is 0. The first-order valence-electron chi connectivity index (χ1n) is 16.4. The number of halogens is 1. The first-order chi connectivity index (χ1) is 21.5. The van der Waals surface area contributed by atoms with Crippen LogP contribution >= 0.6 is 11.6 Å². The van der Waals surface area contributed by atoms with Gasteiger partial charge in [0.05, 0.1) is 0 Å². The fourth-order valence-corrected chi connectivity index (χ4v) is 3.60. The van der Waals surface area contributed by atoms with Gasteiger partial charge in [0.1, 0.15) is 0 Å². The topological polar surface area (TPSA) is 54.4 Å². The SMILES string of the molecule is C.C.CC/C=C\C/C=C\C/C=C\C/C=C\C/C=C\CCCC(=O)Cl.CC/C=C\C/C=C\C/C=C\C/C=C\C/C=C\CCCC(=O)O. The molecule has 0 aliphatic heterocycles. The maximum atomic E-state index is 10.5. The quantitative estimate of drug-likeness (QED) is 0.0573. The minimum atomic E-state index is -0.715. The molecule has 0 radical (unpaired) electrons. The molecule has 0 bridgehead atoms. The monoisotopic (exact) mass is 654 g/mol. The first kappa shape index (κ1) is 49.7. The Morgan fingerprint density at radius 3 is 0.913 bits per heavy atom. The molecule has 46 heavy (non-hydrogen) atoms. The molecule has 0 atom stereocenters. The van der Waals surface area contributed by atoms with Crippen LogP contribution in [0.5, 0.6) is 0 Å². The molecule has 260 valence electrons. The molecular weight excluding hydrogens is 588 g/mol. The highest BCUT2D eigenvalue weighted by Crippen LogP contribution is 2.02. The lowest BCUT2D eigenvalue weighted by Crippen LogP contribution is -1.92. The van der Waals surface area contributed by atoms with E-state index in [1.807, 2.05) is 0 Å². The van der Waals surface area contributed by atoms with Crippen LogP contribution in [0.4, 0.5) is 0 Å². The van der Waals surface area contributed by atoms with Crippen molar-refractivity contribution < 1.29 is 14.7 Å². The molecule has 0 aromatic heterocycles. The zero-order valence-electron chi connectivity index (χ0n) is 27.5. The summed E-state index contributed by atoms with van der Waals surface area (Å²) in [5, 5.41) is 8.25. The molecule has 0 amide bonds. The van der Waals surface area contributed by atoms with Gasteiger partial charge in [0.2, 0.25) is 5.24 Å². The summed E-state index contributed by atoms with van der Waals surface area (Å²) in [6.07, 6.45) is 57.5. The van der Waals surface area contributed by atoms with Crippen LogP contribution in [0.1, 0.15) is 131 Å². The molecule has 0 heterocycles. The van der Waals surface area contributed by atoms with Gasteiger partial charge < -0.3 is 5.11 Å². The van der Waals surface area contributed by atoms with Gasteiger partial charge in [0.15, 0.2) is 0 Å². The molecule has 1 N–H and O–H groups in total. The minimum Gasteiger partial charge on any atom is -0.481 e. The smallest absolute Gasteiger partial charge is 0.303 e. The third kappa shape index (κ3) is 53.4. The largest absolute Gasteiger partial charge is 0.481 e. The van der Waals surface area contributed by atoms with Gasteiger partial charge in [-0.3, -0.25) is 9.59 Å². The predicted molar refractivity (Wildman–Crippen MR) is 209 cm³/mol. The van der Waals surface area contributed by atoms with Crippen LogP contribution in [-0.4, -0.2) is 16.3 Å². The van der Waals surface area contributed by atoms with Gasteiger partial charge in [-0.1, -0.05) is 150 Å². The molecule has 0 saturated carbocycles. The molecule has 0 unspecified atom stereocenters. The van der Waals surface area contributed by atoms with Crippen LogP contribution in [0.15, 0.2) is 122 Å². The lowest BCUT2D eigenvalue weighted by atomic mass is 10.2. The Kier molecular flexibility index (Phi) is 50.0. The Hall–Kier alpha value is -3.17. The van der Waals surface area contributed by atoms with Crippen LogP contribution in [0.2, 0.25) is 0 Å². The van der Waals surface area contributed by atoms with E-state index >= 15 is 0 Å². The molecule has 0 aliphatic carbocycles. The first-order valence-corrected chi connectivity index (χ1v) is 16.8. The van der Waals surface area contributed by atoms with E-state index in [0.717, 1.165) is 89.9 Å². The molecule has 3 nitrogen and oxygen atoms in total. The van der Waals surface area contributed by atoms with Gasteiger partial charge in [-0.05, 0) is 101 Å². The summed E-state index contributed by atoms with van der Waals surface area (Å²) in [5.41, 5.74) is 0. The normalized spacial score (nSPS) is 12.2. The molecule has 0 saturated heterocycles. The Morgan fingerprint density at radius 1 is 0.435 bits per heavy atom. The van der Waals surface area contributed by atoms with E-state index in [9.17, 15) is 9.59 Å². The van der Waals surface area contributed by atoms with Gasteiger partial charge >= 0.3 is 5.97 Å². The van der Waals surface area contributed by atoms with Crippen molar-refractivity contribution in [3.8, 4) is 0 Å². The Labute approximate surface area is 289 Å². The summed E-state index contributed by atoms with van der Waals surface area (Å²) in [6, 6.07) is 0. The van der Waals surface area contributed by atoms with Crippen molar-refractivity contribution in [3.05, 3.63) is 122 Å². The summed E-state index contributed by atoms with van der Waals surface area (Å²) in [7, 11) is 0. The van der Waals surface area contributed by atoms with E-state index in [-0.39, 0.29) is 26.5 Å². The zero-order chi connectivity index (χ0) is 32.6. The number of aliphatic carboxylic acids is 1. The lowest BCUT2D eigenvalue weighted by Gasteiger charge is -1.89. The number of carboxylic acid groups (broad SMARTS) is 1. The fourth-order valence-electron chi connectivity index (χ4n) is 3.47. The van der Waals surface area contributed by atoms with Crippen LogP contribution < -0.4 is 0 Å². The highest BCUT2D eigenvalue weighted by molar-refractivity contribution is 6.63. The van der Waals surface area contributed by atoms with Crippen LogP contribution in [0.3, 0.4) is 0 Å². The van der Waals surface area contributed by atoms with Crippen LogP contribution in [-0.2, 0) is 9.59 Å². The van der Waals surface area contributed by atoms with Gasteiger partial charge in [-0.15, -0.1) is 0 Å². The summed E-state index contributed by atoms with van der Waals surface area (Å²) >= 11 is 5.26. The second kappa shape index (κ2) is 46.3. The minimum absolute atomic E-state index is 0. The molecule has 4 heteroatoms. The van der Waals surface area contributed by atoms with Crippen molar-refractivity contribution in [1.82, 2.24) is 0 Å². The summed E-state index contributed by atoms with van der Waals surface area (Å²) in [5.74, 6) is -0.715. The van der Waals surface area contributed by atoms with Crippen molar-refractivity contribution in [1.29, 1.82) is 0 Å². The maximum Gasteiger partial charge on any atom is 0.303 e. The molecule has 0 rings (SSSR count). The number of unbranched alkanes of at least 4 members (excludes halogenated alkanes) is 2. The highest BCUT2D eigenvalue weighted by Gasteiger charge is 1.93. The van der Waals surface area contributed by atoms with E-state index in [4.69, 9.17) is 16.7 Å². The number of carboxylic acids is 1. The van der Waals surface area contributed by atoms with Crippen LogP contribution in [0.25, 0.3) is 0 Å². The molecular formula is C42H67ClO3. The summed E-state index contributed by atoms with van der Waals surface area (Å²) in [6.45, 7) is 4.29. The average molecular weight is 655 g/mol. The van der Waals surface area contributed by atoms with Gasteiger partial charge in [-0.2, -0.15) is 0 Å². The average Bonchev–Trinajstić information content (AvgIpc) is 3.00. The molecule has 0 fully saturated rings.